The van der Waals surface area contributed by atoms with Crippen LogP contribution < -0.4 is 10.1 Å². The topological polar surface area (TPSA) is 107 Å². The van der Waals surface area contributed by atoms with Gasteiger partial charge in [-0.15, -0.1) is 0 Å². The van der Waals surface area contributed by atoms with Gasteiger partial charge in [0.25, 0.3) is 5.91 Å². The van der Waals surface area contributed by atoms with E-state index in [4.69, 9.17) is 4.74 Å². The van der Waals surface area contributed by atoms with Gasteiger partial charge in [0.15, 0.2) is 6.19 Å². The Morgan fingerprint density at radius 1 is 1.35 bits per heavy atom. The summed E-state index contributed by atoms with van der Waals surface area (Å²) in [6.45, 7) is 1.23. The molecule has 2 N–H and O–H groups in total. The second-order valence-electron chi connectivity index (χ2n) is 7.92. The fourth-order valence-electron chi connectivity index (χ4n) is 4.28. The third kappa shape index (κ3) is 3.46. The van der Waals surface area contributed by atoms with Gasteiger partial charge in [0.05, 0.1) is 23.3 Å². The number of H-pyrrole nitrogens is 1. The lowest BCUT2D eigenvalue weighted by Gasteiger charge is -2.44. The van der Waals surface area contributed by atoms with Gasteiger partial charge < -0.3 is 15.0 Å². The van der Waals surface area contributed by atoms with Crippen LogP contribution in [0.15, 0.2) is 48.8 Å². The number of nitrogens with one attached hydrogen (secondary N) is 2. The summed E-state index contributed by atoms with van der Waals surface area (Å²) in [4.78, 5) is 18.7. The average Bonchev–Trinajstić information content (AvgIpc) is 3.35. The van der Waals surface area contributed by atoms with E-state index in [9.17, 15) is 14.4 Å². The van der Waals surface area contributed by atoms with E-state index in [1.807, 2.05) is 0 Å². The molecule has 2 atom stereocenters. The van der Waals surface area contributed by atoms with Gasteiger partial charge in [0, 0.05) is 24.9 Å². The minimum atomic E-state index is -0.349. The van der Waals surface area contributed by atoms with Crippen molar-refractivity contribution in [1.82, 2.24) is 25.4 Å². The third-order valence-corrected chi connectivity index (χ3v) is 6.06. The molecule has 1 saturated heterocycles. The minimum Gasteiger partial charge on any atom is -0.457 e. The summed E-state index contributed by atoms with van der Waals surface area (Å²) >= 11 is 0. The molecule has 3 heterocycles. The molecule has 2 aliphatic rings. The number of nitrogens with zero attached hydrogens (tertiary/aromatic N) is 4. The van der Waals surface area contributed by atoms with Crippen molar-refractivity contribution in [3.8, 4) is 28.9 Å². The van der Waals surface area contributed by atoms with E-state index in [2.05, 4.69) is 26.7 Å². The van der Waals surface area contributed by atoms with Crippen LogP contribution in [0.25, 0.3) is 11.3 Å². The number of nitriles is 1. The van der Waals surface area contributed by atoms with E-state index in [1.165, 1.54) is 24.3 Å². The van der Waals surface area contributed by atoms with Crippen molar-refractivity contribution in [1.29, 1.82) is 5.26 Å². The molecular formula is C22H19FN6O2. The number of halogens is 1. The molecule has 3 aromatic rings. The molecule has 156 valence electrons. The Morgan fingerprint density at radius 2 is 2.19 bits per heavy atom. The Kier molecular flexibility index (Phi) is 4.55. The number of benzene rings is 1. The number of pyridine rings is 1. The maximum Gasteiger partial charge on any atom is 0.269 e. The largest absolute Gasteiger partial charge is 0.457 e. The van der Waals surface area contributed by atoms with Crippen LogP contribution in [0, 0.1) is 23.2 Å². The molecule has 2 fully saturated rings. The van der Waals surface area contributed by atoms with Crippen LogP contribution in [0.5, 0.6) is 11.5 Å². The van der Waals surface area contributed by atoms with Gasteiger partial charge in [0.2, 0.25) is 0 Å². The van der Waals surface area contributed by atoms with Gasteiger partial charge in [0.1, 0.15) is 23.0 Å². The Labute approximate surface area is 177 Å². The van der Waals surface area contributed by atoms with E-state index in [0.717, 1.165) is 12.8 Å². The Morgan fingerprint density at radius 3 is 2.94 bits per heavy atom. The Balaban J connectivity index is 1.35. The van der Waals surface area contributed by atoms with Crippen molar-refractivity contribution in [2.24, 2.45) is 5.92 Å². The number of carbonyl (C=O) groups is 1. The van der Waals surface area contributed by atoms with Crippen LogP contribution in [0.3, 0.4) is 0 Å². The molecule has 0 bridgehead atoms. The summed E-state index contributed by atoms with van der Waals surface area (Å²) < 4.78 is 19.0. The van der Waals surface area contributed by atoms with Crippen LogP contribution in [-0.4, -0.2) is 44.6 Å². The van der Waals surface area contributed by atoms with Gasteiger partial charge in [-0.25, -0.2) is 4.39 Å². The number of amides is 1. The quantitative estimate of drug-likeness (QED) is 0.617. The lowest BCUT2D eigenvalue weighted by atomic mass is 9.69. The zero-order valence-corrected chi connectivity index (χ0v) is 16.5. The van der Waals surface area contributed by atoms with E-state index < -0.39 is 0 Å². The first-order valence-electron chi connectivity index (χ1n) is 9.97. The van der Waals surface area contributed by atoms with Gasteiger partial charge >= 0.3 is 0 Å². The molecule has 31 heavy (non-hydrogen) atoms. The smallest absolute Gasteiger partial charge is 0.269 e. The van der Waals surface area contributed by atoms with Crippen LogP contribution in [0.2, 0.25) is 0 Å². The number of rotatable bonds is 5. The zero-order valence-electron chi connectivity index (χ0n) is 16.5. The van der Waals surface area contributed by atoms with Gasteiger partial charge in [-0.05, 0) is 49.2 Å². The van der Waals surface area contributed by atoms with Crippen LogP contribution in [0.1, 0.15) is 23.3 Å². The van der Waals surface area contributed by atoms with Crippen LogP contribution in [0.4, 0.5) is 4.39 Å². The molecule has 1 aliphatic heterocycles. The molecule has 1 aliphatic carbocycles. The fraction of sp³-hybridized carbons (Fsp3) is 0.273. The average molecular weight is 418 g/mol. The van der Waals surface area contributed by atoms with E-state index in [-0.39, 0.29) is 17.3 Å². The van der Waals surface area contributed by atoms with Gasteiger partial charge in [-0.1, -0.05) is 0 Å². The third-order valence-electron chi connectivity index (χ3n) is 6.06. The molecule has 2 aromatic heterocycles. The van der Waals surface area contributed by atoms with E-state index in [1.54, 1.807) is 29.4 Å². The highest BCUT2D eigenvalue weighted by Crippen LogP contribution is 2.44. The summed E-state index contributed by atoms with van der Waals surface area (Å²) in [5.74, 6) is 0.651. The molecule has 0 radical (unpaired) electrons. The molecule has 0 spiro atoms. The highest BCUT2D eigenvalue weighted by molar-refractivity contribution is 5.94. The number of hydrogen-bond acceptors (Lipinski definition) is 6. The maximum atomic E-state index is 13.2. The zero-order chi connectivity index (χ0) is 21.4. The first-order chi connectivity index (χ1) is 15.1. The summed E-state index contributed by atoms with van der Waals surface area (Å²) in [7, 11) is 0. The predicted molar refractivity (Wildman–Crippen MR) is 108 cm³/mol. The molecule has 1 unspecified atom stereocenters. The molecule has 8 nitrogen and oxygen atoms in total. The first-order valence-corrected chi connectivity index (χ1v) is 9.97. The van der Waals surface area contributed by atoms with Crippen molar-refractivity contribution >= 4 is 5.91 Å². The number of aromatic nitrogens is 3. The van der Waals surface area contributed by atoms with E-state index in [0.29, 0.717) is 47.5 Å². The van der Waals surface area contributed by atoms with Crippen LogP contribution in [-0.2, 0) is 0 Å². The summed E-state index contributed by atoms with van der Waals surface area (Å²) in [5, 5.41) is 19.3. The fourth-order valence-corrected chi connectivity index (χ4v) is 4.28. The van der Waals surface area contributed by atoms with Crippen molar-refractivity contribution in [3.63, 3.8) is 0 Å². The second-order valence-corrected chi connectivity index (χ2v) is 7.92. The minimum absolute atomic E-state index is 0.256. The standard InChI is InChI=1S/C22H19FN6O2/c23-15-1-3-16(4-2-15)31-20-6-8-25-10-17(20)18-9-19(28-27-18)21(30)26-22-7-5-14(22)11-29(12-22)13-24/h1-4,6,8-10,14H,5,7,11-12H2,(H,26,30)(H,27,28)/t14?,22-/m0/s1. The van der Waals surface area contributed by atoms with Crippen molar-refractivity contribution in [2.45, 2.75) is 18.4 Å². The van der Waals surface area contributed by atoms with Crippen molar-refractivity contribution < 1.29 is 13.9 Å². The SMILES string of the molecule is N#CN1CC2CC[C@]2(NC(=O)c2cc(-c3cnccc3Oc3ccc(F)cc3)n[nH]2)C1. The van der Waals surface area contributed by atoms with Gasteiger partial charge in [-0.2, -0.15) is 10.4 Å². The second kappa shape index (κ2) is 7.40. The van der Waals surface area contributed by atoms with Gasteiger partial charge in [-0.3, -0.25) is 14.9 Å². The number of ether oxygens (including phenoxy) is 1. The normalized spacial score (nSPS) is 21.7. The van der Waals surface area contributed by atoms with Crippen molar-refractivity contribution in [2.75, 3.05) is 13.1 Å². The van der Waals surface area contributed by atoms with Crippen molar-refractivity contribution in [3.05, 3.63) is 60.3 Å². The number of hydrogen-bond donors (Lipinski definition) is 2. The molecule has 1 aromatic carbocycles. The lowest BCUT2D eigenvalue weighted by molar-refractivity contribution is 0.0757. The molecular weight excluding hydrogens is 399 g/mol. The maximum absolute atomic E-state index is 13.2. The highest BCUT2D eigenvalue weighted by atomic mass is 19.1. The predicted octanol–water partition coefficient (Wildman–Crippen LogP) is 3.08. The molecule has 1 amide bonds. The monoisotopic (exact) mass is 418 g/mol. The number of likely N-dealkylation sites (tertiary alicyclic amines) is 1. The number of fused-ring (bicyclic) bond motifs is 1. The lowest BCUT2D eigenvalue weighted by Crippen LogP contribution is -2.60. The molecule has 1 saturated carbocycles. The van der Waals surface area contributed by atoms with Crippen LogP contribution >= 0.6 is 0 Å². The first kappa shape index (κ1) is 19.1. The highest BCUT2D eigenvalue weighted by Gasteiger charge is 2.54. The van der Waals surface area contributed by atoms with E-state index >= 15 is 0 Å². The Hall–Kier alpha value is -3.93. The molecule has 5 rings (SSSR count). The summed E-state index contributed by atoms with van der Waals surface area (Å²) in [5.41, 5.74) is 1.08. The summed E-state index contributed by atoms with van der Waals surface area (Å²) in [6, 6.07) is 9.02. The number of carbonyl (C=O) groups excluding carboxylic acids is 1. The Bertz CT molecular complexity index is 1170. The number of aromatic amines is 1. The summed E-state index contributed by atoms with van der Waals surface area (Å²) in [6.07, 6.45) is 7.23. The molecule has 9 heteroatoms.